The van der Waals surface area contributed by atoms with E-state index >= 15 is 0 Å². The molecule has 0 radical (unpaired) electrons. The van der Waals surface area contributed by atoms with Gasteiger partial charge in [0.2, 0.25) is 0 Å². The Kier molecular flexibility index (Phi) is 3.18. The molecule has 0 heterocycles. The lowest BCUT2D eigenvalue weighted by Gasteiger charge is -2.05. The monoisotopic (exact) mass is 282 g/mol. The van der Waals surface area contributed by atoms with Crippen LogP contribution >= 0.6 is 35.2 Å². The highest BCUT2D eigenvalue weighted by molar-refractivity contribution is 14.1. The molecule has 0 bridgehead atoms. The fraction of sp³-hybridized carbons (Fsp3) is 0.250. The minimum absolute atomic E-state index is 0.0373. The quantitative estimate of drug-likeness (QED) is 0.592. The van der Waals surface area contributed by atoms with Gasteiger partial charge in [0, 0.05) is 14.4 Å². The Hall–Kier alpha value is 0.230. The van der Waals surface area contributed by atoms with Crippen LogP contribution < -0.4 is 0 Å². The van der Waals surface area contributed by atoms with Crippen molar-refractivity contribution in [3.63, 3.8) is 0 Å². The number of hydrogen-bond acceptors (Lipinski definition) is 1. The first-order valence-corrected chi connectivity index (χ1v) is 4.84. The van der Waals surface area contributed by atoms with Gasteiger partial charge >= 0.3 is 0 Å². The van der Waals surface area contributed by atoms with Gasteiger partial charge in [0.25, 0.3) is 0 Å². The van der Waals surface area contributed by atoms with E-state index in [1.807, 2.05) is 13.0 Å². The maximum absolute atomic E-state index is 13.0. The highest BCUT2D eigenvalue weighted by Crippen LogP contribution is 2.23. The summed E-state index contributed by atoms with van der Waals surface area (Å²) >= 11 is 6.32. The molecule has 3 heteroatoms. The summed E-state index contributed by atoms with van der Waals surface area (Å²) < 4.78 is 14.0. The SMILES string of the molecule is CC(S)c1cc(I)ccc1F. The summed E-state index contributed by atoms with van der Waals surface area (Å²) in [5.74, 6) is -0.173. The highest BCUT2D eigenvalue weighted by atomic mass is 127. The third-order valence-corrected chi connectivity index (χ3v) is 2.36. The number of benzene rings is 1. The summed E-state index contributed by atoms with van der Waals surface area (Å²) in [6.45, 7) is 1.86. The van der Waals surface area contributed by atoms with Crippen molar-refractivity contribution in [3.05, 3.63) is 33.1 Å². The fourth-order valence-electron chi connectivity index (χ4n) is 0.835. The summed E-state index contributed by atoms with van der Waals surface area (Å²) in [7, 11) is 0. The van der Waals surface area contributed by atoms with Gasteiger partial charge in [-0.1, -0.05) is 0 Å². The Morgan fingerprint density at radius 1 is 1.55 bits per heavy atom. The normalized spacial score (nSPS) is 13.1. The lowest BCUT2D eigenvalue weighted by molar-refractivity contribution is 0.611. The summed E-state index contributed by atoms with van der Waals surface area (Å²) in [5.41, 5.74) is 0.667. The van der Waals surface area contributed by atoms with E-state index < -0.39 is 0 Å². The van der Waals surface area contributed by atoms with E-state index in [2.05, 4.69) is 35.2 Å². The van der Waals surface area contributed by atoms with Crippen molar-refractivity contribution < 1.29 is 4.39 Å². The van der Waals surface area contributed by atoms with E-state index in [0.717, 1.165) is 3.57 Å². The Morgan fingerprint density at radius 3 is 2.64 bits per heavy atom. The fourth-order valence-corrected chi connectivity index (χ4v) is 1.55. The summed E-state index contributed by atoms with van der Waals surface area (Å²) in [6, 6.07) is 5.03. The maximum Gasteiger partial charge on any atom is 0.127 e. The lowest BCUT2D eigenvalue weighted by Crippen LogP contribution is -1.90. The molecule has 11 heavy (non-hydrogen) atoms. The molecule has 0 spiro atoms. The first-order valence-electron chi connectivity index (χ1n) is 3.24. The Balaban J connectivity index is 3.13. The van der Waals surface area contributed by atoms with Crippen LogP contribution in [-0.2, 0) is 0 Å². The molecule has 0 saturated carbocycles. The zero-order valence-corrected chi connectivity index (χ0v) is 9.06. The predicted molar refractivity (Wildman–Crippen MR) is 56.5 cm³/mol. The van der Waals surface area contributed by atoms with Gasteiger partial charge in [-0.2, -0.15) is 12.6 Å². The predicted octanol–water partition coefficient (Wildman–Crippen LogP) is 3.42. The van der Waals surface area contributed by atoms with Crippen molar-refractivity contribution in [2.45, 2.75) is 12.2 Å². The Morgan fingerprint density at radius 2 is 2.18 bits per heavy atom. The van der Waals surface area contributed by atoms with Crippen molar-refractivity contribution in [2.24, 2.45) is 0 Å². The number of thiol groups is 1. The molecule has 1 atom stereocenters. The Labute approximate surface area is 84.7 Å². The molecule has 0 nitrogen and oxygen atoms in total. The molecule has 1 aromatic carbocycles. The second-order valence-corrected chi connectivity index (χ2v) is 4.36. The molecule has 0 saturated heterocycles. The molecule has 60 valence electrons. The molecule has 0 aliphatic rings. The molecule has 0 aliphatic carbocycles. The van der Waals surface area contributed by atoms with Crippen molar-refractivity contribution in [3.8, 4) is 0 Å². The van der Waals surface area contributed by atoms with Crippen LogP contribution in [0, 0.1) is 9.39 Å². The van der Waals surface area contributed by atoms with Crippen molar-refractivity contribution in [1.29, 1.82) is 0 Å². The van der Waals surface area contributed by atoms with Gasteiger partial charge in [0.05, 0.1) is 0 Å². The molecule has 1 rings (SSSR count). The molecule has 1 aromatic rings. The van der Waals surface area contributed by atoms with Crippen LogP contribution in [0.2, 0.25) is 0 Å². The van der Waals surface area contributed by atoms with Crippen LogP contribution in [-0.4, -0.2) is 0 Å². The first-order chi connectivity index (χ1) is 5.11. The molecule has 0 amide bonds. The summed E-state index contributed by atoms with van der Waals surface area (Å²) in [4.78, 5) is 0. The van der Waals surface area contributed by atoms with Gasteiger partial charge in [-0.3, -0.25) is 0 Å². The molecular formula is C8H8FIS. The minimum atomic E-state index is -0.173. The summed E-state index contributed by atoms with van der Waals surface area (Å²) in [6.07, 6.45) is 0. The van der Waals surface area contributed by atoms with Crippen LogP contribution in [0.5, 0.6) is 0 Å². The van der Waals surface area contributed by atoms with E-state index in [1.54, 1.807) is 6.07 Å². The van der Waals surface area contributed by atoms with Crippen molar-refractivity contribution >= 4 is 35.2 Å². The van der Waals surface area contributed by atoms with Crippen LogP contribution in [0.15, 0.2) is 18.2 Å². The van der Waals surface area contributed by atoms with Crippen LogP contribution in [0.25, 0.3) is 0 Å². The molecule has 0 aromatic heterocycles. The number of rotatable bonds is 1. The van der Waals surface area contributed by atoms with E-state index in [-0.39, 0.29) is 11.1 Å². The van der Waals surface area contributed by atoms with E-state index in [9.17, 15) is 4.39 Å². The topological polar surface area (TPSA) is 0 Å². The Bertz CT molecular complexity index is 260. The van der Waals surface area contributed by atoms with Gasteiger partial charge in [0.15, 0.2) is 0 Å². The smallest absolute Gasteiger partial charge is 0.127 e. The average Bonchev–Trinajstić information content (AvgIpc) is 1.94. The zero-order valence-electron chi connectivity index (χ0n) is 6.01. The minimum Gasteiger partial charge on any atom is -0.207 e. The maximum atomic E-state index is 13.0. The second kappa shape index (κ2) is 3.76. The van der Waals surface area contributed by atoms with Gasteiger partial charge in [-0.15, -0.1) is 0 Å². The average molecular weight is 282 g/mol. The van der Waals surface area contributed by atoms with Gasteiger partial charge < -0.3 is 0 Å². The van der Waals surface area contributed by atoms with Gasteiger partial charge in [0.1, 0.15) is 5.82 Å². The molecule has 0 N–H and O–H groups in total. The van der Waals surface area contributed by atoms with Gasteiger partial charge in [-0.05, 0) is 47.7 Å². The van der Waals surface area contributed by atoms with E-state index in [1.165, 1.54) is 6.07 Å². The van der Waals surface area contributed by atoms with Crippen molar-refractivity contribution in [2.75, 3.05) is 0 Å². The second-order valence-electron chi connectivity index (χ2n) is 2.34. The number of hydrogen-bond donors (Lipinski definition) is 1. The summed E-state index contributed by atoms with van der Waals surface area (Å²) in [5, 5.41) is -0.0373. The zero-order chi connectivity index (χ0) is 8.43. The van der Waals surface area contributed by atoms with Crippen LogP contribution in [0.1, 0.15) is 17.7 Å². The molecule has 0 aliphatic heterocycles. The lowest BCUT2D eigenvalue weighted by atomic mass is 10.1. The molecular weight excluding hydrogens is 274 g/mol. The van der Waals surface area contributed by atoms with E-state index in [0.29, 0.717) is 5.56 Å². The van der Waals surface area contributed by atoms with Gasteiger partial charge in [-0.25, -0.2) is 4.39 Å². The first kappa shape index (κ1) is 9.32. The van der Waals surface area contributed by atoms with Crippen molar-refractivity contribution in [1.82, 2.24) is 0 Å². The number of halogens is 2. The van der Waals surface area contributed by atoms with E-state index in [4.69, 9.17) is 0 Å². The molecule has 1 unspecified atom stereocenters. The van der Waals surface area contributed by atoms with Crippen LogP contribution in [0.3, 0.4) is 0 Å². The highest BCUT2D eigenvalue weighted by Gasteiger charge is 2.06. The van der Waals surface area contributed by atoms with Crippen LogP contribution in [0.4, 0.5) is 4.39 Å². The standard InChI is InChI=1S/C8H8FIS/c1-5(11)7-4-6(10)2-3-8(7)9/h2-5,11H,1H3. The molecule has 0 fully saturated rings. The third-order valence-electron chi connectivity index (χ3n) is 1.41. The third kappa shape index (κ3) is 2.33. The largest absolute Gasteiger partial charge is 0.207 e.